The highest BCUT2D eigenvalue weighted by Crippen LogP contribution is 2.25. The van der Waals surface area contributed by atoms with Crippen LogP contribution in [-0.4, -0.2) is 40.0 Å². The number of unbranched alkanes of at least 4 members (excludes halogenated alkanes) is 2. The third kappa shape index (κ3) is 6.11. The van der Waals surface area contributed by atoms with Gasteiger partial charge in [0.05, 0.1) is 0 Å². The summed E-state index contributed by atoms with van der Waals surface area (Å²) in [5.41, 5.74) is 6.41. The van der Waals surface area contributed by atoms with Gasteiger partial charge in [0.1, 0.15) is 12.4 Å². The first-order valence-electron chi connectivity index (χ1n) is 10.2. The second kappa shape index (κ2) is 10.3. The smallest absolute Gasteiger partial charge is 0.328 e. The van der Waals surface area contributed by atoms with Crippen LogP contribution in [0.5, 0.6) is 0 Å². The van der Waals surface area contributed by atoms with Crippen molar-refractivity contribution in [2.24, 2.45) is 0 Å². The largest absolute Gasteiger partial charge is 0.344 e. The number of nitrogens with one attached hydrogen (secondary N) is 3. The van der Waals surface area contributed by atoms with E-state index < -0.39 is 11.2 Å². The molecule has 9 heteroatoms. The minimum absolute atomic E-state index is 0.0920. The first kappa shape index (κ1) is 21.9. The lowest BCUT2D eigenvalue weighted by atomic mass is 9.99. The van der Waals surface area contributed by atoms with E-state index in [0.717, 1.165) is 37.7 Å². The molecule has 3 N–H and O–H groups in total. The van der Waals surface area contributed by atoms with Gasteiger partial charge in [-0.2, -0.15) is 0 Å². The molecule has 2 unspecified atom stereocenters. The molecule has 2 heterocycles. The lowest BCUT2D eigenvalue weighted by molar-refractivity contribution is -0.130. The normalized spacial score (nSPS) is 18.5. The number of H-pyrrole nitrogens is 1. The van der Waals surface area contributed by atoms with E-state index in [2.05, 4.69) is 15.8 Å². The molecule has 2 aromatic rings. The highest BCUT2D eigenvalue weighted by molar-refractivity contribution is 5.75. The Bertz CT molecular complexity index is 973. The van der Waals surface area contributed by atoms with Crippen LogP contribution in [0.15, 0.2) is 46.1 Å². The molecule has 1 amide bonds. The van der Waals surface area contributed by atoms with Crippen molar-refractivity contribution >= 4 is 5.91 Å². The molecule has 30 heavy (non-hydrogen) atoms. The van der Waals surface area contributed by atoms with Crippen LogP contribution in [0.4, 0.5) is 4.39 Å². The summed E-state index contributed by atoms with van der Waals surface area (Å²) in [6.07, 6.45) is 6.12. The first-order chi connectivity index (χ1) is 14.4. The van der Waals surface area contributed by atoms with Crippen molar-refractivity contribution in [3.05, 3.63) is 68.7 Å². The summed E-state index contributed by atoms with van der Waals surface area (Å²) in [5, 5.41) is 0. The van der Waals surface area contributed by atoms with E-state index >= 15 is 0 Å². The highest BCUT2D eigenvalue weighted by Gasteiger charge is 2.24. The Labute approximate surface area is 174 Å². The number of carbonyl (C=O) groups is 1. The summed E-state index contributed by atoms with van der Waals surface area (Å²) in [5.74, 6) is -0.398. The average Bonchev–Trinajstić information content (AvgIpc) is 3.18. The van der Waals surface area contributed by atoms with E-state index in [4.69, 9.17) is 0 Å². The molecule has 1 aliphatic heterocycles. The number of likely N-dealkylation sites (N-methyl/N-ethyl adjacent to an activating group) is 1. The number of halogens is 1. The zero-order chi connectivity index (χ0) is 21.5. The van der Waals surface area contributed by atoms with Crippen molar-refractivity contribution < 1.29 is 9.18 Å². The number of hydrogen-bond donors (Lipinski definition) is 3. The molecule has 0 bridgehead atoms. The van der Waals surface area contributed by atoms with Gasteiger partial charge in [0.15, 0.2) is 0 Å². The van der Waals surface area contributed by atoms with E-state index in [0.29, 0.717) is 12.6 Å². The van der Waals surface area contributed by atoms with Crippen LogP contribution in [0.3, 0.4) is 0 Å². The second-order valence-corrected chi connectivity index (χ2v) is 7.73. The summed E-state index contributed by atoms with van der Waals surface area (Å²) in [6.45, 7) is 0.518. The van der Waals surface area contributed by atoms with Gasteiger partial charge >= 0.3 is 5.69 Å². The molecule has 8 nitrogen and oxygen atoms in total. The van der Waals surface area contributed by atoms with E-state index in [1.165, 1.54) is 22.9 Å². The predicted molar refractivity (Wildman–Crippen MR) is 111 cm³/mol. The van der Waals surface area contributed by atoms with Crippen molar-refractivity contribution in [1.82, 2.24) is 25.3 Å². The molecule has 0 spiro atoms. The van der Waals surface area contributed by atoms with Gasteiger partial charge in [-0.05, 0) is 37.0 Å². The quantitative estimate of drug-likeness (QED) is 0.534. The molecule has 0 radical (unpaired) electrons. The van der Waals surface area contributed by atoms with Crippen LogP contribution in [0.1, 0.15) is 43.7 Å². The van der Waals surface area contributed by atoms with Gasteiger partial charge < -0.3 is 4.90 Å². The second-order valence-electron chi connectivity index (χ2n) is 7.73. The van der Waals surface area contributed by atoms with Gasteiger partial charge in [-0.25, -0.2) is 9.18 Å². The van der Waals surface area contributed by atoms with Gasteiger partial charge in [0.2, 0.25) is 5.91 Å². The lowest BCUT2D eigenvalue weighted by Crippen LogP contribution is -2.36. The number of hydrogen-bond acceptors (Lipinski definition) is 5. The fourth-order valence-corrected chi connectivity index (χ4v) is 3.63. The minimum Gasteiger partial charge on any atom is -0.344 e. The Morgan fingerprint density at radius 1 is 1.20 bits per heavy atom. The summed E-state index contributed by atoms with van der Waals surface area (Å²) in [7, 11) is 1.71. The zero-order valence-corrected chi connectivity index (χ0v) is 17.1. The van der Waals surface area contributed by atoms with Crippen LogP contribution in [0.2, 0.25) is 0 Å². The number of nitrogens with zero attached hydrogens (tertiary/aromatic N) is 2. The topological polar surface area (TPSA) is 99.2 Å². The molecular weight excluding hydrogens is 389 g/mol. The molecule has 3 rings (SSSR count). The van der Waals surface area contributed by atoms with Gasteiger partial charge in [0.25, 0.3) is 5.56 Å². The van der Waals surface area contributed by atoms with E-state index in [9.17, 15) is 18.8 Å². The SMILES string of the molecule is CN(CCCCCC1CC(c2cccc(F)c2)NN1)C(=O)Cn1ccc(=O)[nH]c1=O. The lowest BCUT2D eigenvalue weighted by Gasteiger charge is -2.18. The molecule has 1 fully saturated rings. The first-order valence-corrected chi connectivity index (χ1v) is 10.2. The maximum absolute atomic E-state index is 13.4. The Kier molecular flexibility index (Phi) is 7.53. The standard InChI is InChI=1S/C21H28FN5O3/c1-26(20(29)14-27-11-9-19(28)23-21(27)30)10-4-2-3-8-17-13-18(25-24-17)15-6-5-7-16(22)12-15/h5-7,9,11-12,17-18,24-25H,2-4,8,10,13-14H2,1H3,(H,23,28,30). The number of aromatic nitrogens is 2. The fourth-order valence-electron chi connectivity index (χ4n) is 3.63. The highest BCUT2D eigenvalue weighted by atomic mass is 19.1. The number of benzene rings is 1. The van der Waals surface area contributed by atoms with E-state index in [1.54, 1.807) is 24.1 Å². The van der Waals surface area contributed by atoms with Gasteiger partial charge in [-0.3, -0.25) is 30.0 Å². The van der Waals surface area contributed by atoms with Crippen LogP contribution >= 0.6 is 0 Å². The van der Waals surface area contributed by atoms with Crippen LogP contribution in [0, 0.1) is 5.82 Å². The van der Waals surface area contributed by atoms with Crippen LogP contribution < -0.4 is 22.1 Å². The number of hydrazine groups is 1. The number of rotatable bonds is 9. The third-order valence-corrected chi connectivity index (χ3v) is 5.41. The summed E-state index contributed by atoms with van der Waals surface area (Å²) < 4.78 is 14.6. The molecule has 0 saturated carbocycles. The minimum atomic E-state index is -0.585. The predicted octanol–water partition coefficient (Wildman–Crippen LogP) is 1.30. The summed E-state index contributed by atoms with van der Waals surface area (Å²) >= 11 is 0. The van der Waals surface area contributed by atoms with Crippen molar-refractivity contribution in [3.8, 4) is 0 Å². The third-order valence-electron chi connectivity index (χ3n) is 5.41. The van der Waals surface area contributed by atoms with Crippen LogP contribution in [0.25, 0.3) is 0 Å². The molecule has 1 saturated heterocycles. The average molecular weight is 417 g/mol. The monoisotopic (exact) mass is 417 g/mol. The number of amides is 1. The fraction of sp³-hybridized carbons (Fsp3) is 0.476. The van der Waals surface area contributed by atoms with E-state index in [-0.39, 0.29) is 24.3 Å². The molecular formula is C21H28FN5O3. The molecule has 1 aliphatic rings. The Morgan fingerprint density at radius 3 is 2.80 bits per heavy atom. The molecule has 1 aromatic carbocycles. The molecule has 2 atom stereocenters. The molecule has 1 aromatic heterocycles. The maximum Gasteiger partial charge on any atom is 0.328 e. The van der Waals surface area contributed by atoms with Crippen molar-refractivity contribution in [2.75, 3.05) is 13.6 Å². The van der Waals surface area contributed by atoms with Crippen molar-refractivity contribution in [3.63, 3.8) is 0 Å². The molecule has 0 aliphatic carbocycles. The summed E-state index contributed by atoms with van der Waals surface area (Å²) in [4.78, 5) is 38.7. The Morgan fingerprint density at radius 2 is 2.03 bits per heavy atom. The zero-order valence-electron chi connectivity index (χ0n) is 17.1. The maximum atomic E-state index is 13.4. The summed E-state index contributed by atoms with van der Waals surface area (Å²) in [6, 6.07) is 8.35. The number of aromatic amines is 1. The number of carbonyl (C=O) groups excluding carboxylic acids is 1. The van der Waals surface area contributed by atoms with Gasteiger partial charge in [0, 0.05) is 37.9 Å². The van der Waals surface area contributed by atoms with Gasteiger partial charge in [-0.15, -0.1) is 0 Å². The van der Waals surface area contributed by atoms with E-state index in [1.807, 2.05) is 6.07 Å². The van der Waals surface area contributed by atoms with Crippen LogP contribution in [-0.2, 0) is 11.3 Å². The Hall–Kier alpha value is -2.78. The van der Waals surface area contributed by atoms with Crippen molar-refractivity contribution in [2.45, 2.75) is 50.7 Å². The van der Waals surface area contributed by atoms with Crippen molar-refractivity contribution in [1.29, 1.82) is 0 Å². The molecule has 162 valence electrons. The Balaban J connectivity index is 1.32. The van der Waals surface area contributed by atoms with Gasteiger partial charge in [-0.1, -0.05) is 25.0 Å².